The first-order chi connectivity index (χ1) is 7.87. The Balaban J connectivity index is 2.53. The summed E-state index contributed by atoms with van der Waals surface area (Å²) in [6, 6.07) is 6.21. The number of hydrogen-bond donors (Lipinski definition) is 2. The smallest absolute Gasteiger partial charge is 0.306 e. The van der Waals surface area contributed by atoms with E-state index in [4.69, 9.17) is 9.84 Å². The highest BCUT2D eigenvalue weighted by molar-refractivity contribution is 7.92. The Morgan fingerprint density at radius 2 is 1.94 bits per heavy atom. The molecule has 0 unspecified atom stereocenters. The molecule has 0 heterocycles. The minimum Gasteiger partial charge on any atom is -0.493 e. The predicted octanol–water partition coefficient (Wildman–Crippen LogP) is 0.912. The van der Waals surface area contributed by atoms with Gasteiger partial charge in [-0.05, 0) is 24.3 Å². The highest BCUT2D eigenvalue weighted by atomic mass is 32.2. The molecule has 0 atom stereocenters. The minimum absolute atomic E-state index is 0.0776. The Morgan fingerprint density at radius 1 is 1.35 bits per heavy atom. The molecule has 0 aliphatic heterocycles. The summed E-state index contributed by atoms with van der Waals surface area (Å²) in [6.45, 7) is 0.0776. The molecular weight excluding hydrogens is 246 g/mol. The number of carbonyl (C=O) groups is 1. The maximum atomic E-state index is 10.9. The fraction of sp³-hybridized carbons (Fsp3) is 0.300. The van der Waals surface area contributed by atoms with Crippen molar-refractivity contribution in [2.24, 2.45) is 0 Å². The van der Waals surface area contributed by atoms with Gasteiger partial charge in [0.05, 0.1) is 19.3 Å². The van der Waals surface area contributed by atoms with Crippen molar-refractivity contribution >= 4 is 21.7 Å². The predicted molar refractivity (Wildman–Crippen MR) is 62.7 cm³/mol. The molecule has 0 fully saturated rings. The second-order valence-electron chi connectivity index (χ2n) is 3.39. The second kappa shape index (κ2) is 5.53. The molecule has 0 spiro atoms. The van der Waals surface area contributed by atoms with E-state index in [1.165, 1.54) is 12.1 Å². The average Bonchev–Trinajstić information content (AvgIpc) is 2.18. The zero-order chi connectivity index (χ0) is 12.9. The number of carboxylic acid groups (broad SMARTS) is 1. The lowest BCUT2D eigenvalue weighted by Crippen LogP contribution is -2.09. The van der Waals surface area contributed by atoms with Crippen LogP contribution in [0.25, 0.3) is 0 Å². The van der Waals surface area contributed by atoms with Crippen molar-refractivity contribution < 1.29 is 23.1 Å². The molecule has 0 bridgehead atoms. The van der Waals surface area contributed by atoms with Gasteiger partial charge in [-0.15, -0.1) is 0 Å². The van der Waals surface area contributed by atoms with Gasteiger partial charge in [0.25, 0.3) is 0 Å². The highest BCUT2D eigenvalue weighted by Crippen LogP contribution is 2.16. The molecule has 0 radical (unpaired) electrons. The van der Waals surface area contributed by atoms with Crippen LogP contribution in [0.5, 0.6) is 5.75 Å². The number of anilines is 1. The Morgan fingerprint density at radius 3 is 2.41 bits per heavy atom. The van der Waals surface area contributed by atoms with Gasteiger partial charge in [0.1, 0.15) is 5.75 Å². The summed E-state index contributed by atoms with van der Waals surface area (Å²) in [5.41, 5.74) is 0.429. The molecular formula is C10H13NO5S. The van der Waals surface area contributed by atoms with Gasteiger partial charge < -0.3 is 9.84 Å². The van der Waals surface area contributed by atoms with Crippen LogP contribution in [0, 0.1) is 0 Å². The lowest BCUT2D eigenvalue weighted by molar-refractivity contribution is -0.137. The van der Waals surface area contributed by atoms with Crippen molar-refractivity contribution in [1.82, 2.24) is 0 Å². The van der Waals surface area contributed by atoms with Crippen LogP contribution < -0.4 is 9.46 Å². The Kier molecular flexibility index (Phi) is 4.33. The number of rotatable bonds is 6. The number of aliphatic carboxylic acids is 1. The Bertz CT molecular complexity index is 480. The van der Waals surface area contributed by atoms with Crippen LogP contribution in [0.2, 0.25) is 0 Å². The molecule has 17 heavy (non-hydrogen) atoms. The SMILES string of the molecule is CS(=O)(=O)Nc1ccc(OCCC(=O)O)cc1. The van der Waals surface area contributed by atoms with E-state index in [2.05, 4.69) is 4.72 Å². The number of benzene rings is 1. The number of hydrogen-bond acceptors (Lipinski definition) is 4. The number of carboxylic acids is 1. The summed E-state index contributed by atoms with van der Waals surface area (Å²) < 4.78 is 29.3. The highest BCUT2D eigenvalue weighted by Gasteiger charge is 2.02. The van der Waals surface area contributed by atoms with Crippen LogP contribution in [0.4, 0.5) is 5.69 Å². The molecule has 94 valence electrons. The molecule has 1 aromatic carbocycles. The van der Waals surface area contributed by atoms with E-state index in [0.29, 0.717) is 11.4 Å². The molecule has 2 N–H and O–H groups in total. The van der Waals surface area contributed by atoms with Crippen molar-refractivity contribution in [2.75, 3.05) is 17.6 Å². The molecule has 0 saturated carbocycles. The van der Waals surface area contributed by atoms with E-state index in [-0.39, 0.29) is 13.0 Å². The average molecular weight is 259 g/mol. The summed E-state index contributed by atoms with van der Waals surface area (Å²) in [7, 11) is -3.29. The van der Waals surface area contributed by atoms with Crippen LogP contribution in [0.3, 0.4) is 0 Å². The van der Waals surface area contributed by atoms with Crippen LogP contribution >= 0.6 is 0 Å². The molecule has 0 amide bonds. The summed E-state index contributed by atoms with van der Waals surface area (Å²) in [6.07, 6.45) is 0.980. The first-order valence-electron chi connectivity index (χ1n) is 4.79. The zero-order valence-corrected chi connectivity index (χ0v) is 10.0. The third kappa shape index (κ3) is 5.76. The molecule has 0 aromatic heterocycles. The minimum atomic E-state index is -3.29. The van der Waals surface area contributed by atoms with Crippen molar-refractivity contribution in [1.29, 1.82) is 0 Å². The normalized spacial score (nSPS) is 10.9. The van der Waals surface area contributed by atoms with Gasteiger partial charge in [-0.3, -0.25) is 9.52 Å². The first kappa shape index (κ1) is 13.3. The van der Waals surface area contributed by atoms with Crippen LogP contribution in [0.15, 0.2) is 24.3 Å². The largest absolute Gasteiger partial charge is 0.493 e. The Labute approximate surface area is 99.3 Å². The molecule has 0 saturated heterocycles. The summed E-state index contributed by atoms with van der Waals surface area (Å²) in [4.78, 5) is 10.2. The number of nitrogens with one attached hydrogen (secondary N) is 1. The van der Waals surface area contributed by atoms with E-state index in [1.807, 2.05) is 0 Å². The van der Waals surface area contributed by atoms with Crippen LogP contribution in [-0.4, -0.2) is 32.4 Å². The van der Waals surface area contributed by atoms with Gasteiger partial charge in [-0.2, -0.15) is 0 Å². The molecule has 6 nitrogen and oxygen atoms in total. The third-order valence-electron chi connectivity index (χ3n) is 1.74. The topological polar surface area (TPSA) is 92.7 Å². The van der Waals surface area contributed by atoms with Gasteiger partial charge in [0.2, 0.25) is 10.0 Å². The zero-order valence-electron chi connectivity index (χ0n) is 9.21. The fourth-order valence-corrected chi connectivity index (χ4v) is 1.65. The summed E-state index contributed by atoms with van der Waals surface area (Å²) in [5, 5.41) is 8.41. The molecule has 7 heteroatoms. The molecule has 1 rings (SSSR count). The number of ether oxygens (including phenoxy) is 1. The fourth-order valence-electron chi connectivity index (χ4n) is 1.09. The maximum Gasteiger partial charge on any atom is 0.306 e. The number of sulfonamides is 1. The second-order valence-corrected chi connectivity index (χ2v) is 5.14. The molecule has 0 aliphatic carbocycles. The summed E-state index contributed by atoms with van der Waals surface area (Å²) >= 11 is 0. The van der Waals surface area contributed by atoms with Crippen molar-refractivity contribution in [2.45, 2.75) is 6.42 Å². The van der Waals surface area contributed by atoms with Crippen molar-refractivity contribution in [3.05, 3.63) is 24.3 Å². The first-order valence-corrected chi connectivity index (χ1v) is 6.68. The molecule has 0 aliphatic rings. The van der Waals surface area contributed by atoms with E-state index in [1.54, 1.807) is 12.1 Å². The van der Waals surface area contributed by atoms with Crippen molar-refractivity contribution in [3.8, 4) is 5.75 Å². The third-order valence-corrected chi connectivity index (χ3v) is 2.35. The van der Waals surface area contributed by atoms with Gasteiger partial charge in [0, 0.05) is 5.69 Å². The van der Waals surface area contributed by atoms with E-state index < -0.39 is 16.0 Å². The lowest BCUT2D eigenvalue weighted by Gasteiger charge is -2.06. The van der Waals surface area contributed by atoms with E-state index in [0.717, 1.165) is 6.26 Å². The maximum absolute atomic E-state index is 10.9. The Hall–Kier alpha value is -1.76. The van der Waals surface area contributed by atoms with Crippen LogP contribution in [-0.2, 0) is 14.8 Å². The van der Waals surface area contributed by atoms with E-state index >= 15 is 0 Å². The van der Waals surface area contributed by atoms with Gasteiger partial charge >= 0.3 is 5.97 Å². The van der Waals surface area contributed by atoms with Gasteiger partial charge in [-0.1, -0.05) is 0 Å². The lowest BCUT2D eigenvalue weighted by atomic mass is 10.3. The van der Waals surface area contributed by atoms with E-state index in [9.17, 15) is 13.2 Å². The van der Waals surface area contributed by atoms with Gasteiger partial charge in [-0.25, -0.2) is 8.42 Å². The van der Waals surface area contributed by atoms with Crippen LogP contribution in [0.1, 0.15) is 6.42 Å². The van der Waals surface area contributed by atoms with Crippen molar-refractivity contribution in [3.63, 3.8) is 0 Å². The molecule has 1 aromatic rings. The summed E-state index contributed by atoms with van der Waals surface area (Å²) in [5.74, 6) is -0.439. The standard InChI is InChI=1S/C10H13NO5S/c1-17(14,15)11-8-2-4-9(5-3-8)16-7-6-10(12)13/h2-5,11H,6-7H2,1H3,(H,12,13). The monoisotopic (exact) mass is 259 g/mol. The van der Waals surface area contributed by atoms with Gasteiger partial charge in [0.15, 0.2) is 0 Å². The quantitative estimate of drug-likeness (QED) is 0.792.